The summed E-state index contributed by atoms with van der Waals surface area (Å²) in [5.41, 5.74) is 8.67. The minimum Gasteiger partial charge on any atom is -0.493 e. The summed E-state index contributed by atoms with van der Waals surface area (Å²) >= 11 is 6.62. The van der Waals surface area contributed by atoms with Crippen LogP contribution in [0.25, 0.3) is 0 Å². The Kier molecular flexibility index (Phi) is 8.32. The van der Waals surface area contributed by atoms with Crippen molar-refractivity contribution in [2.24, 2.45) is 5.73 Å². The fourth-order valence-corrected chi connectivity index (χ4v) is 5.38. The molecule has 2 amide bonds. The average Bonchev–Trinajstić information content (AvgIpc) is 3.45. The van der Waals surface area contributed by atoms with Crippen molar-refractivity contribution in [1.29, 1.82) is 0 Å². The van der Waals surface area contributed by atoms with Crippen LogP contribution in [0.2, 0.25) is 5.02 Å². The van der Waals surface area contributed by atoms with E-state index in [1.165, 1.54) is 7.11 Å². The first kappa shape index (κ1) is 27.6. The number of methoxy groups -OCH3 is 2. The van der Waals surface area contributed by atoms with Crippen molar-refractivity contribution in [3.8, 4) is 23.0 Å². The number of halogens is 1. The van der Waals surface area contributed by atoms with Crippen LogP contribution in [0.3, 0.4) is 0 Å². The van der Waals surface area contributed by atoms with Gasteiger partial charge in [-0.3, -0.25) is 9.59 Å². The number of hydrogen-bond acceptors (Lipinski definition) is 7. The highest BCUT2D eigenvalue weighted by Crippen LogP contribution is 2.34. The van der Waals surface area contributed by atoms with Gasteiger partial charge in [0.05, 0.1) is 14.2 Å². The van der Waals surface area contributed by atoms with Crippen molar-refractivity contribution in [3.63, 3.8) is 0 Å². The van der Waals surface area contributed by atoms with E-state index in [1.54, 1.807) is 66.6 Å². The Hall–Kier alpha value is -3.95. The molecule has 1 heterocycles. The van der Waals surface area contributed by atoms with Crippen molar-refractivity contribution in [2.75, 3.05) is 26.3 Å². The standard InChI is InChI=1S/C30H32ClN3O6/c1-37-25-11-8-19(15-27(25)38-2)30(36)34(24-6-4-3-5-23(24)32)16-20-13-21(9-10-22(20)31)33-29(35)18-7-12-26-28(14-18)40-17-39-26/h7-15,23-24H,3-6,16-17,32H2,1-2H3,(H,33,35). The van der Waals surface area contributed by atoms with Crippen LogP contribution < -0.4 is 30.0 Å². The first-order valence-electron chi connectivity index (χ1n) is 13.2. The van der Waals surface area contributed by atoms with Crippen LogP contribution in [-0.4, -0.2) is 49.8 Å². The summed E-state index contributed by atoms with van der Waals surface area (Å²) in [7, 11) is 3.08. The summed E-state index contributed by atoms with van der Waals surface area (Å²) in [6.07, 6.45) is 3.63. The highest BCUT2D eigenvalue weighted by molar-refractivity contribution is 6.31. The lowest BCUT2D eigenvalue weighted by Crippen LogP contribution is -2.51. The van der Waals surface area contributed by atoms with E-state index in [4.69, 9.17) is 36.3 Å². The molecule has 0 spiro atoms. The van der Waals surface area contributed by atoms with Crippen molar-refractivity contribution in [2.45, 2.75) is 44.3 Å². The zero-order valence-corrected chi connectivity index (χ0v) is 23.2. The van der Waals surface area contributed by atoms with Crippen molar-refractivity contribution < 1.29 is 28.5 Å². The molecule has 3 aromatic rings. The van der Waals surface area contributed by atoms with Gasteiger partial charge in [-0.05, 0) is 73.0 Å². The minimum atomic E-state index is -0.306. The van der Waals surface area contributed by atoms with E-state index in [2.05, 4.69) is 5.32 Å². The third-order valence-corrected chi connectivity index (χ3v) is 7.72. The Morgan fingerprint density at radius 1 is 0.950 bits per heavy atom. The van der Waals surface area contributed by atoms with Crippen molar-refractivity contribution in [1.82, 2.24) is 4.90 Å². The molecule has 1 aliphatic heterocycles. The van der Waals surface area contributed by atoms with E-state index < -0.39 is 0 Å². The number of nitrogens with one attached hydrogen (secondary N) is 1. The summed E-state index contributed by atoms with van der Waals surface area (Å²) in [5.74, 6) is 1.64. The summed E-state index contributed by atoms with van der Waals surface area (Å²) in [4.78, 5) is 28.7. The molecular weight excluding hydrogens is 534 g/mol. The molecule has 2 unspecified atom stereocenters. The summed E-state index contributed by atoms with van der Waals surface area (Å²) in [6, 6.07) is 15.0. The minimum absolute atomic E-state index is 0.129. The normalized spacial score (nSPS) is 17.7. The van der Waals surface area contributed by atoms with Crippen LogP contribution in [-0.2, 0) is 6.54 Å². The van der Waals surface area contributed by atoms with Crippen LogP contribution in [0, 0.1) is 0 Å². The van der Waals surface area contributed by atoms with Gasteiger partial charge in [0.25, 0.3) is 11.8 Å². The molecule has 1 fully saturated rings. The smallest absolute Gasteiger partial charge is 0.255 e. The molecule has 0 aromatic heterocycles. The molecule has 40 heavy (non-hydrogen) atoms. The molecule has 210 valence electrons. The predicted molar refractivity (Wildman–Crippen MR) is 152 cm³/mol. The van der Waals surface area contributed by atoms with Gasteiger partial charge in [0.1, 0.15) is 0 Å². The molecule has 0 bridgehead atoms. The summed E-state index contributed by atoms with van der Waals surface area (Å²) in [5, 5.41) is 3.40. The van der Waals surface area contributed by atoms with Gasteiger partial charge in [-0.15, -0.1) is 0 Å². The Morgan fingerprint density at radius 3 is 2.48 bits per heavy atom. The van der Waals surface area contributed by atoms with Gasteiger partial charge in [0.2, 0.25) is 6.79 Å². The Morgan fingerprint density at radius 2 is 1.70 bits per heavy atom. The highest BCUT2D eigenvalue weighted by atomic mass is 35.5. The first-order valence-corrected chi connectivity index (χ1v) is 13.5. The number of amides is 2. The molecule has 9 nitrogen and oxygen atoms in total. The molecule has 1 saturated carbocycles. The zero-order chi connectivity index (χ0) is 28.2. The number of rotatable bonds is 8. The van der Waals surface area contributed by atoms with E-state index in [0.717, 1.165) is 25.7 Å². The van der Waals surface area contributed by atoms with Crippen LogP contribution in [0.15, 0.2) is 54.6 Å². The number of nitrogens with two attached hydrogens (primary N) is 1. The van der Waals surface area contributed by atoms with Crippen LogP contribution in [0.1, 0.15) is 52.0 Å². The van der Waals surface area contributed by atoms with E-state index in [-0.39, 0.29) is 37.2 Å². The molecule has 2 aliphatic rings. The third kappa shape index (κ3) is 5.80. The molecule has 1 aliphatic carbocycles. The lowest BCUT2D eigenvalue weighted by molar-refractivity contribution is 0.0583. The predicted octanol–water partition coefficient (Wildman–Crippen LogP) is 5.25. The number of carbonyl (C=O) groups excluding carboxylic acids is 2. The third-order valence-electron chi connectivity index (χ3n) is 7.35. The second kappa shape index (κ2) is 12.1. The lowest BCUT2D eigenvalue weighted by atomic mass is 9.89. The Bertz CT molecular complexity index is 1410. The molecular formula is C30H32ClN3O6. The van der Waals surface area contributed by atoms with Gasteiger partial charge < -0.3 is 34.9 Å². The SMILES string of the molecule is COc1ccc(C(=O)N(Cc2cc(NC(=O)c3ccc4c(c3)OCO4)ccc2Cl)C2CCCCC2N)cc1OC. The number of benzene rings is 3. The monoisotopic (exact) mass is 565 g/mol. The van der Waals surface area contributed by atoms with Crippen LogP contribution in [0.5, 0.6) is 23.0 Å². The van der Waals surface area contributed by atoms with Crippen molar-refractivity contribution >= 4 is 29.1 Å². The van der Waals surface area contributed by atoms with Gasteiger partial charge in [0, 0.05) is 40.5 Å². The van der Waals surface area contributed by atoms with Gasteiger partial charge in [-0.1, -0.05) is 24.4 Å². The largest absolute Gasteiger partial charge is 0.493 e. The van der Waals surface area contributed by atoms with E-state index in [0.29, 0.717) is 50.4 Å². The number of carbonyl (C=O) groups is 2. The quantitative estimate of drug-likeness (QED) is 0.383. The van der Waals surface area contributed by atoms with Gasteiger partial charge in [0.15, 0.2) is 23.0 Å². The van der Waals surface area contributed by atoms with Crippen LogP contribution in [0.4, 0.5) is 5.69 Å². The molecule has 0 radical (unpaired) electrons. The molecule has 2 atom stereocenters. The average molecular weight is 566 g/mol. The second-order valence-electron chi connectivity index (χ2n) is 9.85. The second-order valence-corrected chi connectivity index (χ2v) is 10.3. The molecule has 0 saturated heterocycles. The number of ether oxygens (including phenoxy) is 4. The topological polar surface area (TPSA) is 112 Å². The van der Waals surface area contributed by atoms with E-state index in [1.807, 2.05) is 0 Å². The Balaban J connectivity index is 1.41. The molecule has 5 rings (SSSR count). The van der Waals surface area contributed by atoms with E-state index in [9.17, 15) is 9.59 Å². The number of nitrogens with zero attached hydrogens (tertiary/aromatic N) is 1. The summed E-state index contributed by atoms with van der Waals surface area (Å²) < 4.78 is 21.5. The van der Waals surface area contributed by atoms with Gasteiger partial charge in [-0.2, -0.15) is 0 Å². The fourth-order valence-electron chi connectivity index (χ4n) is 5.20. The van der Waals surface area contributed by atoms with Gasteiger partial charge >= 0.3 is 0 Å². The maximum atomic E-state index is 14.0. The highest BCUT2D eigenvalue weighted by Gasteiger charge is 2.32. The number of hydrogen-bond donors (Lipinski definition) is 2. The first-order chi connectivity index (χ1) is 19.4. The van der Waals surface area contributed by atoms with Gasteiger partial charge in [-0.25, -0.2) is 0 Å². The Labute approximate surface area is 238 Å². The van der Waals surface area contributed by atoms with E-state index >= 15 is 0 Å². The number of anilines is 1. The molecule has 3 N–H and O–H groups in total. The molecule has 10 heteroatoms. The maximum Gasteiger partial charge on any atom is 0.255 e. The fraction of sp³-hybridized carbons (Fsp3) is 0.333. The van der Waals surface area contributed by atoms with Crippen molar-refractivity contribution in [3.05, 3.63) is 76.3 Å². The van der Waals surface area contributed by atoms with Crippen LogP contribution >= 0.6 is 11.6 Å². The summed E-state index contributed by atoms with van der Waals surface area (Å²) in [6.45, 7) is 0.349. The molecule has 3 aromatic carbocycles. The maximum absolute atomic E-state index is 14.0. The lowest BCUT2D eigenvalue weighted by Gasteiger charge is -2.39. The zero-order valence-electron chi connectivity index (χ0n) is 22.4. The number of fused-ring (bicyclic) bond motifs is 1.